The number of ether oxygens (including phenoxy) is 1. The number of aliphatic imine (C=N–C) groups is 1. The van der Waals surface area contributed by atoms with Crippen LogP contribution in [0.2, 0.25) is 0 Å². The number of allylic oxidation sites excluding steroid dienone is 2. The molecule has 0 aromatic rings. The first-order chi connectivity index (χ1) is 8.04. The van der Waals surface area contributed by atoms with Gasteiger partial charge in [0.2, 0.25) is 0 Å². The van der Waals surface area contributed by atoms with Crippen LogP contribution in [0.25, 0.3) is 0 Å². The van der Waals surface area contributed by atoms with E-state index in [0.717, 1.165) is 0 Å². The molecule has 0 aliphatic carbocycles. The van der Waals surface area contributed by atoms with Crippen LogP contribution in [0.5, 0.6) is 0 Å². The summed E-state index contributed by atoms with van der Waals surface area (Å²) < 4.78 is 18.7. The molecule has 0 aliphatic rings. The Hall–Kier alpha value is -1.16. The Labute approximate surface area is 103 Å². The highest BCUT2D eigenvalue weighted by Gasteiger charge is 2.20. The first-order valence-electron chi connectivity index (χ1n) is 5.85. The molecule has 0 aromatic carbocycles. The van der Waals surface area contributed by atoms with Gasteiger partial charge < -0.3 is 10.5 Å². The fourth-order valence-electron chi connectivity index (χ4n) is 1.59. The summed E-state index contributed by atoms with van der Waals surface area (Å²) in [5.74, 6) is 0.331. The van der Waals surface area contributed by atoms with Gasteiger partial charge >= 0.3 is 0 Å². The molecule has 0 spiro atoms. The highest BCUT2D eigenvalue weighted by molar-refractivity contribution is 5.81. The van der Waals surface area contributed by atoms with E-state index in [1.54, 1.807) is 13.2 Å². The summed E-state index contributed by atoms with van der Waals surface area (Å²) in [5.41, 5.74) is 5.71. The van der Waals surface area contributed by atoms with E-state index >= 15 is 0 Å². The summed E-state index contributed by atoms with van der Waals surface area (Å²) in [4.78, 5) is 3.90. The Morgan fingerprint density at radius 2 is 2.18 bits per heavy atom. The lowest BCUT2D eigenvalue weighted by Gasteiger charge is -2.21. The summed E-state index contributed by atoms with van der Waals surface area (Å²) in [6.45, 7) is 7.29. The molecule has 4 heteroatoms. The number of nitrogens with zero attached hydrogens (tertiary/aromatic N) is 1. The molecule has 2 N–H and O–H groups in total. The van der Waals surface area contributed by atoms with Gasteiger partial charge in [0, 0.05) is 26.2 Å². The van der Waals surface area contributed by atoms with Gasteiger partial charge in [-0.3, -0.25) is 0 Å². The van der Waals surface area contributed by atoms with E-state index in [0.29, 0.717) is 25.1 Å². The molecule has 0 saturated heterocycles. The lowest BCUT2D eigenvalue weighted by molar-refractivity contribution is 0.0671. The molecule has 0 rings (SSSR count). The number of hydrogen-bond donors (Lipinski definition) is 1. The Balaban J connectivity index is 4.59. The van der Waals surface area contributed by atoms with Crippen LogP contribution in [-0.2, 0) is 4.74 Å². The minimum atomic E-state index is -0.118. The highest BCUT2D eigenvalue weighted by atomic mass is 19.1. The van der Waals surface area contributed by atoms with Crippen molar-refractivity contribution in [1.82, 2.24) is 0 Å². The maximum absolute atomic E-state index is 13.5. The second-order valence-electron chi connectivity index (χ2n) is 3.97. The lowest BCUT2D eigenvalue weighted by atomic mass is 9.94. The molecule has 0 fully saturated rings. The lowest BCUT2D eigenvalue weighted by Crippen LogP contribution is -2.26. The second-order valence-corrected chi connectivity index (χ2v) is 3.97. The highest BCUT2D eigenvalue weighted by Crippen LogP contribution is 2.22. The van der Waals surface area contributed by atoms with E-state index in [-0.39, 0.29) is 17.8 Å². The van der Waals surface area contributed by atoms with E-state index in [9.17, 15) is 4.39 Å². The molecule has 98 valence electrons. The molecule has 0 aliphatic heterocycles. The topological polar surface area (TPSA) is 47.6 Å². The van der Waals surface area contributed by atoms with Crippen LogP contribution >= 0.6 is 0 Å². The number of amidine groups is 1. The van der Waals surface area contributed by atoms with Gasteiger partial charge in [-0.2, -0.15) is 0 Å². The zero-order chi connectivity index (χ0) is 13.3. The van der Waals surface area contributed by atoms with Crippen LogP contribution in [0, 0.1) is 5.92 Å². The van der Waals surface area contributed by atoms with E-state index in [2.05, 4.69) is 11.6 Å². The number of methoxy groups -OCH3 is 1. The van der Waals surface area contributed by atoms with Crippen molar-refractivity contribution >= 4 is 5.84 Å². The Kier molecular flexibility index (Phi) is 8.32. The van der Waals surface area contributed by atoms with Crippen LogP contribution in [0.1, 0.15) is 33.1 Å². The van der Waals surface area contributed by atoms with Gasteiger partial charge in [0.1, 0.15) is 0 Å². The Morgan fingerprint density at radius 3 is 2.65 bits per heavy atom. The molecule has 17 heavy (non-hydrogen) atoms. The SMILES string of the molecule is C=CN=C(N)CC(C/C(F)=C\CC)C(C)OC. The standard InChI is InChI=1S/C13H23FN2O/c1-5-7-12(14)8-11(10(3)17-4)9-13(15)16-6-2/h6-7,10-11H,2,5,8-9H2,1,3-4H3,(H2,15,16)/b12-7+. The minimum absolute atomic E-state index is 0.00787. The molecule has 2 atom stereocenters. The van der Waals surface area contributed by atoms with Crippen molar-refractivity contribution in [3.05, 3.63) is 24.7 Å². The molecule has 0 bridgehead atoms. The molecule has 0 radical (unpaired) electrons. The maximum atomic E-state index is 13.5. The normalized spacial score (nSPS) is 16.7. The zero-order valence-corrected chi connectivity index (χ0v) is 10.9. The molecular formula is C13H23FN2O. The molecule has 0 aromatic heterocycles. The van der Waals surface area contributed by atoms with Crippen LogP contribution < -0.4 is 5.73 Å². The molecule has 0 heterocycles. The number of rotatable bonds is 8. The summed E-state index contributed by atoms with van der Waals surface area (Å²) in [6.07, 6.45) is 4.43. The van der Waals surface area contributed by atoms with Crippen molar-refractivity contribution in [2.75, 3.05) is 7.11 Å². The third-order valence-corrected chi connectivity index (χ3v) is 2.65. The zero-order valence-electron chi connectivity index (χ0n) is 10.9. The van der Waals surface area contributed by atoms with Crippen molar-refractivity contribution in [2.45, 2.75) is 39.2 Å². The van der Waals surface area contributed by atoms with Crippen LogP contribution in [0.3, 0.4) is 0 Å². The van der Waals surface area contributed by atoms with Gasteiger partial charge in [-0.1, -0.05) is 19.6 Å². The van der Waals surface area contributed by atoms with Crippen molar-refractivity contribution in [3.8, 4) is 0 Å². The summed E-state index contributed by atoms with van der Waals surface area (Å²) in [7, 11) is 1.61. The van der Waals surface area contributed by atoms with Crippen LogP contribution in [-0.4, -0.2) is 19.0 Å². The van der Waals surface area contributed by atoms with Crippen molar-refractivity contribution in [3.63, 3.8) is 0 Å². The van der Waals surface area contributed by atoms with Gasteiger partial charge in [0.05, 0.1) is 17.8 Å². The fraction of sp³-hybridized carbons (Fsp3) is 0.615. The predicted molar refractivity (Wildman–Crippen MR) is 70.5 cm³/mol. The van der Waals surface area contributed by atoms with E-state index < -0.39 is 0 Å². The van der Waals surface area contributed by atoms with Crippen molar-refractivity contribution in [1.29, 1.82) is 0 Å². The van der Waals surface area contributed by atoms with E-state index in [4.69, 9.17) is 10.5 Å². The van der Waals surface area contributed by atoms with Crippen LogP contribution in [0.4, 0.5) is 4.39 Å². The molecule has 3 nitrogen and oxygen atoms in total. The number of hydrogen-bond acceptors (Lipinski definition) is 2. The summed E-state index contributed by atoms with van der Waals surface area (Å²) in [5, 5.41) is 0. The van der Waals surface area contributed by atoms with Crippen molar-refractivity contribution in [2.24, 2.45) is 16.6 Å². The molecule has 0 amide bonds. The smallest absolute Gasteiger partial charge is 0.0992 e. The quantitative estimate of drug-likeness (QED) is 0.525. The monoisotopic (exact) mass is 242 g/mol. The van der Waals surface area contributed by atoms with Gasteiger partial charge in [-0.25, -0.2) is 9.38 Å². The second kappa shape index (κ2) is 8.93. The van der Waals surface area contributed by atoms with E-state index in [1.807, 2.05) is 13.8 Å². The number of nitrogens with two attached hydrogens (primary N) is 1. The third-order valence-electron chi connectivity index (χ3n) is 2.65. The minimum Gasteiger partial charge on any atom is -0.387 e. The summed E-state index contributed by atoms with van der Waals surface area (Å²) in [6, 6.07) is 0. The maximum Gasteiger partial charge on any atom is 0.0992 e. The summed E-state index contributed by atoms with van der Waals surface area (Å²) >= 11 is 0. The number of halogens is 1. The fourth-order valence-corrected chi connectivity index (χ4v) is 1.59. The largest absolute Gasteiger partial charge is 0.387 e. The van der Waals surface area contributed by atoms with Crippen LogP contribution in [0.15, 0.2) is 29.7 Å². The van der Waals surface area contributed by atoms with Gasteiger partial charge in [0.25, 0.3) is 0 Å². The Morgan fingerprint density at radius 1 is 1.53 bits per heavy atom. The Bertz CT molecular complexity index is 287. The first kappa shape index (κ1) is 15.8. The average Bonchev–Trinajstić information content (AvgIpc) is 2.27. The average molecular weight is 242 g/mol. The molecular weight excluding hydrogens is 219 g/mol. The predicted octanol–water partition coefficient (Wildman–Crippen LogP) is 3.18. The van der Waals surface area contributed by atoms with Gasteiger partial charge in [-0.05, 0) is 19.3 Å². The third kappa shape index (κ3) is 6.89. The first-order valence-corrected chi connectivity index (χ1v) is 5.85. The van der Waals surface area contributed by atoms with Crippen molar-refractivity contribution < 1.29 is 9.13 Å². The van der Waals surface area contributed by atoms with Gasteiger partial charge in [-0.15, -0.1) is 0 Å². The molecule has 2 unspecified atom stereocenters. The van der Waals surface area contributed by atoms with E-state index in [1.165, 1.54) is 6.20 Å². The van der Waals surface area contributed by atoms with Gasteiger partial charge in [0.15, 0.2) is 0 Å². The molecule has 0 saturated carbocycles.